The van der Waals surface area contributed by atoms with Crippen LogP contribution >= 0.6 is 0 Å². The van der Waals surface area contributed by atoms with Gasteiger partial charge in [-0.15, -0.1) is 0 Å². The molecule has 38 heavy (non-hydrogen) atoms. The molecule has 0 heterocycles. The number of benzene rings is 1. The van der Waals surface area contributed by atoms with Crippen molar-refractivity contribution in [2.24, 2.45) is 34.5 Å². The van der Waals surface area contributed by atoms with Gasteiger partial charge in [-0.3, -0.25) is 14.4 Å². The monoisotopic (exact) mass is 516 g/mol. The van der Waals surface area contributed by atoms with Crippen LogP contribution in [0.2, 0.25) is 0 Å². The van der Waals surface area contributed by atoms with Crippen LogP contribution in [0.3, 0.4) is 0 Å². The molecule has 0 radical (unpaired) electrons. The molecule has 6 atom stereocenters. The number of carbonyl (C=O) groups excluding carboxylic acids is 3. The van der Waals surface area contributed by atoms with Gasteiger partial charge in [-0.25, -0.2) is 0 Å². The number of hydrogen-bond donors (Lipinski definition) is 2. The Morgan fingerprint density at radius 2 is 1.84 bits per heavy atom. The summed E-state index contributed by atoms with van der Waals surface area (Å²) >= 11 is 0. The van der Waals surface area contributed by atoms with Crippen LogP contribution in [-0.4, -0.2) is 37.8 Å². The molecule has 5 rings (SSSR count). The van der Waals surface area contributed by atoms with E-state index < -0.39 is 0 Å². The van der Waals surface area contributed by atoms with E-state index in [9.17, 15) is 14.4 Å². The van der Waals surface area contributed by atoms with E-state index in [2.05, 4.69) is 30.6 Å². The first-order valence-electron chi connectivity index (χ1n) is 14.1. The highest BCUT2D eigenvalue weighted by Gasteiger charge is 2.59. The maximum Gasteiger partial charge on any atom is 0.244 e. The molecule has 1 aromatic rings. The first-order chi connectivity index (χ1) is 18.3. The number of para-hydroxylation sites is 1. The van der Waals surface area contributed by atoms with E-state index in [1.165, 1.54) is 11.6 Å². The smallest absolute Gasteiger partial charge is 0.244 e. The van der Waals surface area contributed by atoms with Gasteiger partial charge in [-0.1, -0.05) is 43.7 Å². The second kappa shape index (κ2) is 10.5. The lowest BCUT2D eigenvalue weighted by atomic mass is 9.48. The molecule has 0 spiro atoms. The number of fused-ring (bicyclic) bond motifs is 5. The SMILES string of the molecule is COc1ccccc1/C=C/C(=O)NCCNC(=O)[C@H]1CC[C@H]2[C@@H]3CCC4=CC(=O)C=C[C@]4(C)[C@H]3CC[C@]12C. The Balaban J connectivity index is 1.14. The van der Waals surface area contributed by atoms with Gasteiger partial charge in [-0.2, -0.15) is 0 Å². The third-order valence-corrected chi connectivity index (χ3v) is 10.1. The van der Waals surface area contributed by atoms with Crippen molar-refractivity contribution in [1.29, 1.82) is 0 Å². The second-order valence-corrected chi connectivity index (χ2v) is 11.9. The third-order valence-electron chi connectivity index (χ3n) is 10.1. The number of amides is 2. The van der Waals surface area contributed by atoms with Crippen molar-refractivity contribution < 1.29 is 19.1 Å². The van der Waals surface area contributed by atoms with Crippen molar-refractivity contribution in [3.63, 3.8) is 0 Å². The van der Waals surface area contributed by atoms with E-state index in [1.807, 2.05) is 30.3 Å². The van der Waals surface area contributed by atoms with Crippen molar-refractivity contribution in [3.8, 4) is 5.75 Å². The van der Waals surface area contributed by atoms with Crippen molar-refractivity contribution >= 4 is 23.7 Å². The van der Waals surface area contributed by atoms with Gasteiger partial charge < -0.3 is 15.4 Å². The van der Waals surface area contributed by atoms with Gasteiger partial charge in [0.15, 0.2) is 5.78 Å². The van der Waals surface area contributed by atoms with Crippen LogP contribution in [0.25, 0.3) is 6.08 Å². The molecule has 6 heteroatoms. The number of nitrogens with one attached hydrogen (secondary N) is 2. The Bertz CT molecular complexity index is 1200. The molecule has 0 aromatic heterocycles. The Morgan fingerprint density at radius 1 is 1.05 bits per heavy atom. The Morgan fingerprint density at radius 3 is 2.66 bits per heavy atom. The molecule has 2 amide bonds. The number of hydrogen-bond acceptors (Lipinski definition) is 4. The van der Waals surface area contributed by atoms with Gasteiger partial charge in [0, 0.05) is 36.1 Å². The quantitative estimate of drug-likeness (QED) is 0.400. The Labute approximate surface area is 226 Å². The maximum absolute atomic E-state index is 13.3. The predicted octanol–water partition coefficient (Wildman–Crippen LogP) is 4.86. The fourth-order valence-corrected chi connectivity index (χ4v) is 8.15. The van der Waals surface area contributed by atoms with Gasteiger partial charge in [0.25, 0.3) is 0 Å². The van der Waals surface area contributed by atoms with Gasteiger partial charge >= 0.3 is 0 Å². The molecule has 3 fully saturated rings. The summed E-state index contributed by atoms with van der Waals surface area (Å²) in [6.45, 7) is 5.46. The average Bonchev–Trinajstić information content (AvgIpc) is 3.27. The first-order valence-corrected chi connectivity index (χ1v) is 14.1. The van der Waals surface area contributed by atoms with E-state index >= 15 is 0 Å². The summed E-state index contributed by atoms with van der Waals surface area (Å²) in [6.07, 6.45) is 15.3. The molecule has 0 aliphatic heterocycles. The zero-order valence-electron chi connectivity index (χ0n) is 22.8. The lowest BCUT2D eigenvalue weighted by Crippen LogP contribution is -2.51. The van der Waals surface area contributed by atoms with E-state index in [4.69, 9.17) is 4.74 Å². The number of rotatable bonds is 7. The van der Waals surface area contributed by atoms with Crippen molar-refractivity contribution in [2.75, 3.05) is 20.2 Å². The topological polar surface area (TPSA) is 84.5 Å². The summed E-state index contributed by atoms with van der Waals surface area (Å²) in [6, 6.07) is 7.53. The summed E-state index contributed by atoms with van der Waals surface area (Å²) < 4.78 is 5.31. The van der Waals surface area contributed by atoms with Crippen LogP contribution in [0, 0.1) is 34.5 Å². The lowest BCUT2D eigenvalue weighted by molar-refractivity contribution is -0.131. The number of allylic oxidation sites excluding steroid dienone is 4. The normalized spacial score (nSPS) is 33.7. The zero-order chi connectivity index (χ0) is 26.9. The molecule has 1 aromatic carbocycles. The first kappa shape index (κ1) is 26.5. The van der Waals surface area contributed by atoms with Crippen LogP contribution in [0.4, 0.5) is 0 Å². The number of carbonyl (C=O) groups is 3. The Hall–Kier alpha value is -3.15. The summed E-state index contributed by atoms with van der Waals surface area (Å²) in [7, 11) is 1.61. The summed E-state index contributed by atoms with van der Waals surface area (Å²) in [5.74, 6) is 2.46. The van der Waals surface area contributed by atoms with Gasteiger partial charge in [0.2, 0.25) is 11.8 Å². The van der Waals surface area contributed by atoms with E-state index in [0.717, 1.165) is 44.1 Å². The molecule has 0 unspecified atom stereocenters. The number of methoxy groups -OCH3 is 1. The molecule has 202 valence electrons. The number of ether oxygens (including phenoxy) is 1. The highest BCUT2D eigenvalue weighted by Crippen LogP contribution is 2.65. The van der Waals surface area contributed by atoms with Gasteiger partial charge in [-0.05, 0) is 86.0 Å². The minimum atomic E-state index is -0.200. The second-order valence-electron chi connectivity index (χ2n) is 11.9. The largest absolute Gasteiger partial charge is 0.496 e. The highest BCUT2D eigenvalue weighted by molar-refractivity contribution is 6.01. The molecule has 3 saturated carbocycles. The van der Waals surface area contributed by atoms with Crippen LogP contribution < -0.4 is 15.4 Å². The standard InChI is InChI=1S/C32H40N2O4/c1-31-16-14-23(35)20-22(31)9-10-24-25-11-12-27(32(25,2)17-15-26(24)31)30(37)34-19-18-33-29(36)13-8-21-6-4-5-7-28(21)38-3/h4-8,13-14,16,20,24-27H,9-12,15,17-19H2,1-3H3,(H,33,36)(H,34,37)/b13-8+/t24-,25-,26-,27+,31-,32-/m0/s1. The van der Waals surface area contributed by atoms with E-state index in [0.29, 0.717) is 36.6 Å². The fourth-order valence-electron chi connectivity index (χ4n) is 8.15. The molecule has 6 nitrogen and oxygen atoms in total. The maximum atomic E-state index is 13.3. The van der Waals surface area contributed by atoms with E-state index in [-0.39, 0.29) is 34.3 Å². The Kier molecular flexibility index (Phi) is 7.34. The van der Waals surface area contributed by atoms with Crippen molar-refractivity contribution in [3.05, 3.63) is 59.7 Å². The van der Waals surface area contributed by atoms with Crippen LogP contribution in [0.1, 0.15) is 57.9 Å². The molecule has 2 N–H and O–H groups in total. The molecular weight excluding hydrogens is 476 g/mol. The number of ketones is 1. The average molecular weight is 517 g/mol. The molecule has 0 saturated heterocycles. The summed E-state index contributed by atoms with van der Waals surface area (Å²) in [4.78, 5) is 37.6. The lowest BCUT2D eigenvalue weighted by Gasteiger charge is -2.56. The van der Waals surface area contributed by atoms with Gasteiger partial charge in [0.05, 0.1) is 7.11 Å². The van der Waals surface area contributed by atoms with Crippen molar-refractivity contribution in [1.82, 2.24) is 10.6 Å². The third kappa shape index (κ3) is 4.74. The minimum Gasteiger partial charge on any atom is -0.496 e. The zero-order valence-corrected chi connectivity index (χ0v) is 22.8. The fraction of sp³-hybridized carbons (Fsp3) is 0.531. The van der Waals surface area contributed by atoms with Gasteiger partial charge in [0.1, 0.15) is 5.75 Å². The van der Waals surface area contributed by atoms with Crippen LogP contribution in [0.5, 0.6) is 5.75 Å². The van der Waals surface area contributed by atoms with Crippen molar-refractivity contribution in [2.45, 2.75) is 52.4 Å². The molecule has 0 bridgehead atoms. The summed E-state index contributed by atoms with van der Waals surface area (Å²) in [5.41, 5.74) is 2.14. The summed E-state index contributed by atoms with van der Waals surface area (Å²) in [5, 5.41) is 5.96. The van der Waals surface area contributed by atoms with Crippen LogP contribution in [0.15, 0.2) is 54.1 Å². The molecular formula is C32H40N2O4. The predicted molar refractivity (Wildman–Crippen MR) is 148 cm³/mol. The van der Waals surface area contributed by atoms with Crippen LogP contribution in [-0.2, 0) is 14.4 Å². The molecule has 4 aliphatic carbocycles. The highest BCUT2D eigenvalue weighted by atomic mass is 16.5. The molecule has 4 aliphatic rings. The van der Waals surface area contributed by atoms with E-state index in [1.54, 1.807) is 19.3 Å². The minimum absolute atomic E-state index is 0.0117.